The second-order valence-electron chi connectivity index (χ2n) is 5.09. The zero-order valence-electron chi connectivity index (χ0n) is 12.6. The molecule has 2 aromatic rings. The van der Waals surface area contributed by atoms with Crippen LogP contribution >= 0.6 is 0 Å². The van der Waals surface area contributed by atoms with Gasteiger partial charge in [0.05, 0.1) is 0 Å². The van der Waals surface area contributed by atoms with E-state index in [2.05, 4.69) is 59.2 Å². The minimum atomic E-state index is 0.869. The van der Waals surface area contributed by atoms with Crippen molar-refractivity contribution < 1.29 is 0 Å². The van der Waals surface area contributed by atoms with Crippen LogP contribution < -0.4 is 10.2 Å². The number of benzene rings is 1. The summed E-state index contributed by atoms with van der Waals surface area (Å²) in [6.07, 6.45) is 2.68. The quantitative estimate of drug-likeness (QED) is 0.899. The van der Waals surface area contributed by atoms with Crippen molar-refractivity contribution in [2.45, 2.75) is 27.2 Å². The van der Waals surface area contributed by atoms with Crippen molar-refractivity contribution in [2.24, 2.45) is 0 Å². The van der Waals surface area contributed by atoms with Crippen molar-refractivity contribution in [1.82, 2.24) is 9.97 Å². The number of nitrogens with one attached hydrogen (secondary N) is 1. The van der Waals surface area contributed by atoms with Crippen molar-refractivity contribution in [3.8, 4) is 0 Å². The number of rotatable bonds is 5. The van der Waals surface area contributed by atoms with Crippen LogP contribution in [0.2, 0.25) is 0 Å². The van der Waals surface area contributed by atoms with E-state index in [-0.39, 0.29) is 0 Å². The summed E-state index contributed by atoms with van der Waals surface area (Å²) in [7, 11) is 2.03. The summed E-state index contributed by atoms with van der Waals surface area (Å²) in [5, 5.41) is 3.29. The molecule has 1 aromatic carbocycles. The third-order valence-electron chi connectivity index (χ3n) is 3.15. The van der Waals surface area contributed by atoms with Crippen molar-refractivity contribution in [1.29, 1.82) is 0 Å². The van der Waals surface area contributed by atoms with Gasteiger partial charge in [-0.2, -0.15) is 0 Å². The van der Waals surface area contributed by atoms with Crippen LogP contribution in [0.4, 0.5) is 17.3 Å². The molecule has 1 N–H and O–H groups in total. The van der Waals surface area contributed by atoms with E-state index in [1.165, 1.54) is 11.1 Å². The fourth-order valence-corrected chi connectivity index (χ4v) is 2.16. The molecule has 1 heterocycles. The smallest absolute Gasteiger partial charge is 0.138 e. The highest BCUT2D eigenvalue weighted by Crippen LogP contribution is 2.24. The number of aromatic nitrogens is 2. The normalized spacial score (nSPS) is 10.4. The molecule has 0 unspecified atom stereocenters. The molecule has 0 radical (unpaired) electrons. The number of nitrogens with zero attached hydrogens (tertiary/aromatic N) is 3. The summed E-state index contributed by atoms with van der Waals surface area (Å²) in [6.45, 7) is 7.28. The van der Waals surface area contributed by atoms with Crippen molar-refractivity contribution >= 4 is 17.3 Å². The molecule has 0 atom stereocenters. The van der Waals surface area contributed by atoms with Gasteiger partial charge < -0.3 is 10.2 Å². The highest BCUT2D eigenvalue weighted by molar-refractivity contribution is 5.62. The van der Waals surface area contributed by atoms with E-state index in [4.69, 9.17) is 0 Å². The standard InChI is InChI=1S/C16H22N4/c1-5-6-17-15-10-16(19-11-18-15)20(4)14-8-12(2)7-13(3)9-14/h7-11H,5-6H2,1-4H3,(H,17,18,19). The van der Waals surface area contributed by atoms with Crippen LogP contribution in [0.25, 0.3) is 0 Å². The molecule has 0 saturated carbocycles. The maximum atomic E-state index is 4.36. The molecule has 4 heteroatoms. The molecule has 1 aromatic heterocycles. The second-order valence-corrected chi connectivity index (χ2v) is 5.09. The minimum absolute atomic E-state index is 0.869. The van der Waals surface area contributed by atoms with Gasteiger partial charge in [-0.05, 0) is 43.5 Å². The Morgan fingerprint density at radius 2 is 1.75 bits per heavy atom. The van der Waals surface area contributed by atoms with Gasteiger partial charge in [0.25, 0.3) is 0 Å². The van der Waals surface area contributed by atoms with E-state index in [1.807, 2.05) is 13.1 Å². The van der Waals surface area contributed by atoms with Crippen molar-refractivity contribution in [3.63, 3.8) is 0 Å². The molecular weight excluding hydrogens is 248 g/mol. The van der Waals surface area contributed by atoms with E-state index in [1.54, 1.807) is 6.33 Å². The largest absolute Gasteiger partial charge is 0.370 e. The molecule has 2 rings (SSSR count). The summed E-state index contributed by atoms with van der Waals surface area (Å²) in [5.74, 6) is 1.76. The lowest BCUT2D eigenvalue weighted by Crippen LogP contribution is -2.13. The van der Waals surface area contributed by atoms with Crippen molar-refractivity contribution in [2.75, 3.05) is 23.8 Å². The summed E-state index contributed by atoms with van der Waals surface area (Å²) in [5.41, 5.74) is 3.65. The van der Waals surface area contributed by atoms with Crippen LogP contribution in [0.5, 0.6) is 0 Å². The van der Waals surface area contributed by atoms with Crippen LogP contribution in [0, 0.1) is 13.8 Å². The Hall–Kier alpha value is -2.10. The third-order valence-corrected chi connectivity index (χ3v) is 3.15. The highest BCUT2D eigenvalue weighted by atomic mass is 15.2. The summed E-state index contributed by atoms with van der Waals surface area (Å²) >= 11 is 0. The Balaban J connectivity index is 2.25. The lowest BCUT2D eigenvalue weighted by Gasteiger charge is -2.20. The van der Waals surface area contributed by atoms with Crippen LogP contribution in [-0.4, -0.2) is 23.6 Å². The van der Waals surface area contributed by atoms with Gasteiger partial charge in [-0.3, -0.25) is 0 Å². The Kier molecular flexibility index (Phi) is 4.56. The van der Waals surface area contributed by atoms with Crippen LogP contribution in [0.3, 0.4) is 0 Å². The topological polar surface area (TPSA) is 41.0 Å². The molecule has 0 aliphatic rings. The molecule has 20 heavy (non-hydrogen) atoms. The van der Waals surface area contributed by atoms with Gasteiger partial charge >= 0.3 is 0 Å². The average Bonchev–Trinajstić information content (AvgIpc) is 2.43. The molecule has 0 fully saturated rings. The first-order chi connectivity index (χ1) is 9.60. The number of hydrogen-bond acceptors (Lipinski definition) is 4. The summed E-state index contributed by atoms with van der Waals surface area (Å²) < 4.78 is 0. The van der Waals surface area contributed by atoms with Gasteiger partial charge in [-0.25, -0.2) is 9.97 Å². The SMILES string of the molecule is CCCNc1cc(N(C)c2cc(C)cc(C)c2)ncn1. The number of anilines is 3. The Morgan fingerprint density at radius 3 is 2.40 bits per heavy atom. The van der Waals surface area contributed by atoms with E-state index >= 15 is 0 Å². The maximum Gasteiger partial charge on any atom is 0.138 e. The Labute approximate surface area is 120 Å². The zero-order chi connectivity index (χ0) is 14.5. The molecule has 0 aliphatic heterocycles. The number of aryl methyl sites for hydroxylation is 2. The molecule has 0 amide bonds. The van der Waals surface area contributed by atoms with Crippen LogP contribution in [0.1, 0.15) is 24.5 Å². The van der Waals surface area contributed by atoms with E-state index in [0.29, 0.717) is 0 Å². The minimum Gasteiger partial charge on any atom is -0.370 e. The fourth-order valence-electron chi connectivity index (χ4n) is 2.16. The zero-order valence-corrected chi connectivity index (χ0v) is 12.6. The number of hydrogen-bond donors (Lipinski definition) is 1. The molecule has 106 valence electrons. The van der Waals surface area contributed by atoms with Gasteiger partial charge in [0.2, 0.25) is 0 Å². The first-order valence-electron chi connectivity index (χ1n) is 6.98. The van der Waals surface area contributed by atoms with Crippen LogP contribution in [-0.2, 0) is 0 Å². The Morgan fingerprint density at radius 1 is 1.05 bits per heavy atom. The van der Waals surface area contributed by atoms with E-state index < -0.39 is 0 Å². The molecule has 0 spiro atoms. The lowest BCUT2D eigenvalue weighted by atomic mass is 10.1. The van der Waals surface area contributed by atoms with Gasteiger partial charge in [0.1, 0.15) is 18.0 Å². The van der Waals surface area contributed by atoms with E-state index in [9.17, 15) is 0 Å². The van der Waals surface area contributed by atoms with E-state index in [0.717, 1.165) is 30.3 Å². The first-order valence-corrected chi connectivity index (χ1v) is 6.98. The van der Waals surface area contributed by atoms with Gasteiger partial charge in [-0.1, -0.05) is 13.0 Å². The summed E-state index contributed by atoms with van der Waals surface area (Å²) in [6, 6.07) is 8.47. The highest BCUT2D eigenvalue weighted by Gasteiger charge is 2.07. The van der Waals surface area contributed by atoms with Crippen LogP contribution in [0.15, 0.2) is 30.6 Å². The maximum absolute atomic E-state index is 4.36. The molecule has 0 bridgehead atoms. The van der Waals surface area contributed by atoms with Gasteiger partial charge in [0.15, 0.2) is 0 Å². The third kappa shape index (κ3) is 3.47. The summed E-state index contributed by atoms with van der Waals surface area (Å²) in [4.78, 5) is 10.7. The first kappa shape index (κ1) is 14.3. The molecule has 0 aliphatic carbocycles. The van der Waals surface area contributed by atoms with Gasteiger partial charge in [-0.15, -0.1) is 0 Å². The predicted octanol–water partition coefficient (Wildman–Crippen LogP) is 3.68. The van der Waals surface area contributed by atoms with Crippen molar-refractivity contribution in [3.05, 3.63) is 41.7 Å². The van der Waals surface area contributed by atoms with Gasteiger partial charge in [0, 0.05) is 25.3 Å². The average molecular weight is 270 g/mol. The molecular formula is C16H22N4. The Bertz CT molecular complexity index is 560. The predicted molar refractivity (Wildman–Crippen MR) is 84.8 cm³/mol. The molecule has 0 saturated heterocycles. The lowest BCUT2D eigenvalue weighted by molar-refractivity contribution is 0.962. The monoisotopic (exact) mass is 270 g/mol. The second kappa shape index (κ2) is 6.37. The fraction of sp³-hybridized carbons (Fsp3) is 0.375. The molecule has 4 nitrogen and oxygen atoms in total.